The minimum atomic E-state index is -0.926. The number of halogens is 1. The van der Waals surface area contributed by atoms with E-state index in [-0.39, 0.29) is 17.9 Å². The zero-order valence-electron chi connectivity index (χ0n) is 12.8. The van der Waals surface area contributed by atoms with Crippen LogP contribution >= 0.6 is 11.6 Å². The van der Waals surface area contributed by atoms with Crippen molar-refractivity contribution in [2.75, 3.05) is 20.2 Å². The number of nitrogens with zero attached hydrogens (tertiary/aromatic N) is 2. The molecule has 2 aliphatic rings. The maximum Gasteiger partial charge on any atom is 0.409 e. The molecule has 6 nitrogen and oxygen atoms in total. The van der Waals surface area contributed by atoms with Crippen LogP contribution < -0.4 is 0 Å². The minimum Gasteiger partial charge on any atom is -0.453 e. The van der Waals surface area contributed by atoms with Crippen LogP contribution in [0.3, 0.4) is 0 Å². The molecule has 1 aromatic carbocycles. The molecule has 122 valence electrons. The third-order valence-corrected chi connectivity index (χ3v) is 5.45. The summed E-state index contributed by atoms with van der Waals surface area (Å²) in [5, 5.41) is 19.7. The number of hydrogen-bond donors (Lipinski definition) is 2. The van der Waals surface area contributed by atoms with Gasteiger partial charge in [-0.2, -0.15) is 5.10 Å². The summed E-state index contributed by atoms with van der Waals surface area (Å²) in [6.07, 6.45) is 2.67. The molecule has 2 N–H and O–H groups in total. The van der Waals surface area contributed by atoms with Crippen molar-refractivity contribution in [2.24, 2.45) is 11.8 Å². The van der Waals surface area contributed by atoms with Gasteiger partial charge in [0.15, 0.2) is 0 Å². The molecule has 23 heavy (non-hydrogen) atoms. The van der Waals surface area contributed by atoms with Crippen LogP contribution in [0.1, 0.15) is 18.4 Å². The highest BCUT2D eigenvalue weighted by atomic mass is 35.5. The number of methoxy groups -OCH3 is 1. The van der Waals surface area contributed by atoms with Crippen molar-refractivity contribution in [3.63, 3.8) is 0 Å². The molecule has 0 bridgehead atoms. The molecular formula is C16H18ClN3O3. The van der Waals surface area contributed by atoms with Gasteiger partial charge in [0.2, 0.25) is 0 Å². The molecule has 0 radical (unpaired) electrons. The molecule has 0 spiro atoms. The second-order valence-electron chi connectivity index (χ2n) is 6.62. The van der Waals surface area contributed by atoms with Gasteiger partial charge in [0, 0.05) is 23.5 Å². The molecule has 1 aliphatic carbocycles. The Hall–Kier alpha value is -1.79. The van der Waals surface area contributed by atoms with Gasteiger partial charge in [0.05, 0.1) is 24.4 Å². The Labute approximate surface area is 138 Å². The number of carbonyl (C=O) groups is 1. The van der Waals surface area contributed by atoms with Gasteiger partial charge in [-0.15, -0.1) is 0 Å². The van der Waals surface area contributed by atoms with Crippen LogP contribution in [0.2, 0.25) is 5.02 Å². The first-order chi connectivity index (χ1) is 11.0. The number of likely N-dealkylation sites (tertiary alicyclic amines) is 1. The lowest BCUT2D eigenvalue weighted by molar-refractivity contribution is 0.0323. The van der Waals surface area contributed by atoms with Gasteiger partial charge in [0.1, 0.15) is 0 Å². The maximum absolute atomic E-state index is 11.7. The SMILES string of the molecule is COC(=O)N1CC2CC(O)(c3cc(Cl)cc4[nH]ncc34)CC2C1. The number of benzene rings is 1. The van der Waals surface area contributed by atoms with Gasteiger partial charge in [-0.1, -0.05) is 11.6 Å². The Morgan fingerprint density at radius 1 is 1.43 bits per heavy atom. The fourth-order valence-corrected chi connectivity index (χ4v) is 4.47. The van der Waals surface area contributed by atoms with E-state index >= 15 is 0 Å². The van der Waals surface area contributed by atoms with Gasteiger partial charge in [-0.3, -0.25) is 5.10 Å². The van der Waals surface area contributed by atoms with E-state index in [4.69, 9.17) is 16.3 Å². The van der Waals surface area contributed by atoms with Gasteiger partial charge < -0.3 is 14.7 Å². The highest BCUT2D eigenvalue weighted by molar-refractivity contribution is 6.31. The number of fused-ring (bicyclic) bond motifs is 2. The molecule has 1 amide bonds. The fraction of sp³-hybridized carbons (Fsp3) is 0.500. The van der Waals surface area contributed by atoms with Gasteiger partial charge in [-0.05, 0) is 42.4 Å². The lowest BCUT2D eigenvalue weighted by atomic mass is 9.88. The van der Waals surface area contributed by atoms with Crippen molar-refractivity contribution >= 4 is 28.6 Å². The van der Waals surface area contributed by atoms with E-state index in [1.165, 1.54) is 7.11 Å². The van der Waals surface area contributed by atoms with E-state index in [9.17, 15) is 9.90 Å². The fourth-order valence-electron chi connectivity index (χ4n) is 4.25. The van der Waals surface area contributed by atoms with E-state index in [2.05, 4.69) is 10.2 Å². The molecule has 1 saturated carbocycles. The van der Waals surface area contributed by atoms with Crippen LogP contribution in [0.25, 0.3) is 10.9 Å². The molecule has 1 aliphatic heterocycles. The Morgan fingerprint density at radius 3 is 2.78 bits per heavy atom. The second kappa shape index (κ2) is 5.11. The van der Waals surface area contributed by atoms with E-state index in [1.807, 2.05) is 12.1 Å². The number of aliphatic hydroxyl groups is 1. The largest absolute Gasteiger partial charge is 0.453 e. The second-order valence-corrected chi connectivity index (χ2v) is 7.06. The number of nitrogens with one attached hydrogen (secondary N) is 1. The van der Waals surface area contributed by atoms with E-state index in [0.29, 0.717) is 31.0 Å². The molecule has 2 atom stereocenters. The van der Waals surface area contributed by atoms with Crippen LogP contribution in [-0.2, 0) is 10.3 Å². The topological polar surface area (TPSA) is 78.5 Å². The summed E-state index contributed by atoms with van der Waals surface area (Å²) in [5.74, 6) is 0.556. The Balaban J connectivity index is 1.64. The van der Waals surface area contributed by atoms with Crippen molar-refractivity contribution in [2.45, 2.75) is 18.4 Å². The first kappa shape index (κ1) is 14.8. The molecule has 2 aromatic rings. The Kier molecular flexibility index (Phi) is 3.28. The molecule has 1 saturated heterocycles. The molecule has 2 unspecified atom stereocenters. The van der Waals surface area contributed by atoms with Crippen LogP contribution in [-0.4, -0.2) is 46.5 Å². The standard InChI is InChI=1S/C16H18ClN3O3/c1-23-15(21)20-7-9-4-16(22,5-10(9)8-20)13-2-11(17)3-14-12(13)6-18-19-14/h2-3,6,9-10,22H,4-5,7-8H2,1H3,(H,18,19). The number of rotatable bonds is 1. The lowest BCUT2D eigenvalue weighted by Crippen LogP contribution is -2.32. The molecule has 7 heteroatoms. The quantitative estimate of drug-likeness (QED) is 0.839. The number of aromatic amines is 1. The lowest BCUT2D eigenvalue weighted by Gasteiger charge is -2.27. The van der Waals surface area contributed by atoms with E-state index in [0.717, 1.165) is 16.5 Å². The number of carbonyl (C=O) groups excluding carboxylic acids is 1. The van der Waals surface area contributed by atoms with Crippen molar-refractivity contribution in [1.82, 2.24) is 15.1 Å². The van der Waals surface area contributed by atoms with E-state index in [1.54, 1.807) is 11.1 Å². The predicted octanol–water partition coefficient (Wildman–Crippen LogP) is 2.51. The average Bonchev–Trinajstić information content (AvgIpc) is 3.18. The normalized spacial score (nSPS) is 30.0. The third-order valence-electron chi connectivity index (χ3n) is 5.23. The first-order valence-corrected chi connectivity index (χ1v) is 8.06. The summed E-state index contributed by atoms with van der Waals surface area (Å²) < 4.78 is 4.79. The van der Waals surface area contributed by atoms with Crippen molar-refractivity contribution in [1.29, 1.82) is 0 Å². The number of H-pyrrole nitrogens is 1. The summed E-state index contributed by atoms with van der Waals surface area (Å²) in [4.78, 5) is 13.4. The zero-order chi connectivity index (χ0) is 16.2. The summed E-state index contributed by atoms with van der Waals surface area (Å²) in [7, 11) is 1.40. The summed E-state index contributed by atoms with van der Waals surface area (Å²) in [6, 6.07) is 3.64. The van der Waals surface area contributed by atoms with Crippen LogP contribution in [0.5, 0.6) is 0 Å². The average molecular weight is 336 g/mol. The van der Waals surface area contributed by atoms with Gasteiger partial charge >= 0.3 is 6.09 Å². The maximum atomic E-state index is 11.7. The van der Waals surface area contributed by atoms with Crippen molar-refractivity contribution in [3.8, 4) is 0 Å². The minimum absolute atomic E-state index is 0.278. The number of aromatic nitrogens is 2. The Morgan fingerprint density at radius 2 is 2.13 bits per heavy atom. The third kappa shape index (κ3) is 2.28. The van der Waals surface area contributed by atoms with Crippen LogP contribution in [0, 0.1) is 11.8 Å². The van der Waals surface area contributed by atoms with Crippen molar-refractivity contribution in [3.05, 3.63) is 28.9 Å². The molecule has 1 aromatic heterocycles. The van der Waals surface area contributed by atoms with Crippen LogP contribution in [0.4, 0.5) is 4.79 Å². The highest BCUT2D eigenvalue weighted by Gasteiger charge is 2.50. The summed E-state index contributed by atoms with van der Waals surface area (Å²) >= 11 is 6.20. The smallest absolute Gasteiger partial charge is 0.409 e. The number of hydrogen-bond acceptors (Lipinski definition) is 4. The molecular weight excluding hydrogens is 318 g/mol. The Bertz CT molecular complexity index is 761. The molecule has 2 heterocycles. The summed E-state index contributed by atoms with van der Waals surface area (Å²) in [5.41, 5.74) is 0.729. The first-order valence-electron chi connectivity index (χ1n) is 7.68. The van der Waals surface area contributed by atoms with Gasteiger partial charge in [0.25, 0.3) is 0 Å². The van der Waals surface area contributed by atoms with Gasteiger partial charge in [-0.25, -0.2) is 4.79 Å². The van der Waals surface area contributed by atoms with E-state index < -0.39 is 5.60 Å². The van der Waals surface area contributed by atoms with Crippen LogP contribution in [0.15, 0.2) is 18.3 Å². The predicted molar refractivity (Wildman–Crippen MR) is 85.2 cm³/mol. The highest BCUT2D eigenvalue weighted by Crippen LogP contribution is 2.50. The zero-order valence-corrected chi connectivity index (χ0v) is 13.5. The molecule has 4 rings (SSSR count). The number of ether oxygens (including phenoxy) is 1. The monoisotopic (exact) mass is 335 g/mol. The number of amides is 1. The van der Waals surface area contributed by atoms with Crippen molar-refractivity contribution < 1.29 is 14.6 Å². The molecule has 2 fully saturated rings. The summed E-state index contributed by atoms with van der Waals surface area (Å²) in [6.45, 7) is 1.27.